The molecule has 1 aliphatic rings. The predicted molar refractivity (Wildman–Crippen MR) is 60.0 cm³/mol. The monoisotopic (exact) mass is 192 g/mol. The van der Waals surface area contributed by atoms with Gasteiger partial charge in [0.2, 0.25) is 0 Å². The van der Waals surface area contributed by atoms with Crippen LogP contribution in [0.1, 0.15) is 34.1 Å². The fourth-order valence-electron chi connectivity index (χ4n) is 2.45. The third kappa shape index (κ3) is 2.14. The lowest BCUT2D eigenvalue weighted by Gasteiger charge is -2.38. The fraction of sp³-hybridized carbons (Fsp3) is 0.615. The summed E-state index contributed by atoms with van der Waals surface area (Å²) in [6, 6.07) is 0. The Kier molecular flexibility index (Phi) is 3.30. The Bertz CT molecular complexity index is 271. The summed E-state index contributed by atoms with van der Waals surface area (Å²) < 4.78 is 0. The standard InChI is InChI=1S/C13H20O/c1-5-7-11(14)12-10(2)8-6-9-13(12,3)4/h5-8,10,12H,9H2,1-4H3/t10?,12-/m0/s1. The number of allylic oxidation sites excluding steroid dienone is 4. The zero-order valence-electron chi connectivity index (χ0n) is 9.58. The second kappa shape index (κ2) is 4.12. The van der Waals surface area contributed by atoms with Crippen LogP contribution >= 0.6 is 0 Å². The molecule has 1 unspecified atom stereocenters. The number of hydrogen-bond acceptors (Lipinski definition) is 1. The smallest absolute Gasteiger partial charge is 0.159 e. The third-order valence-electron chi connectivity index (χ3n) is 3.09. The predicted octanol–water partition coefficient (Wildman–Crippen LogP) is 3.37. The van der Waals surface area contributed by atoms with Crippen LogP contribution in [0.5, 0.6) is 0 Å². The minimum atomic E-state index is 0.102. The first-order valence-electron chi connectivity index (χ1n) is 5.32. The summed E-state index contributed by atoms with van der Waals surface area (Å²) in [4.78, 5) is 11.9. The molecule has 1 nitrogen and oxygen atoms in total. The molecule has 78 valence electrons. The van der Waals surface area contributed by atoms with Crippen LogP contribution in [-0.2, 0) is 4.79 Å². The van der Waals surface area contributed by atoms with Crippen molar-refractivity contribution in [2.75, 3.05) is 0 Å². The highest BCUT2D eigenvalue weighted by Gasteiger charge is 2.38. The second-order valence-electron chi connectivity index (χ2n) is 4.86. The highest BCUT2D eigenvalue weighted by molar-refractivity contribution is 5.92. The molecule has 0 saturated carbocycles. The maximum absolute atomic E-state index is 11.9. The molecule has 0 spiro atoms. The van der Waals surface area contributed by atoms with E-state index in [4.69, 9.17) is 0 Å². The van der Waals surface area contributed by atoms with Crippen LogP contribution in [0, 0.1) is 17.3 Å². The Morgan fingerprint density at radius 1 is 1.50 bits per heavy atom. The van der Waals surface area contributed by atoms with E-state index in [-0.39, 0.29) is 17.1 Å². The minimum absolute atomic E-state index is 0.102. The molecule has 0 aromatic carbocycles. The van der Waals surface area contributed by atoms with E-state index >= 15 is 0 Å². The van der Waals surface area contributed by atoms with Gasteiger partial charge in [-0.2, -0.15) is 0 Å². The lowest BCUT2D eigenvalue weighted by Crippen LogP contribution is -2.36. The van der Waals surface area contributed by atoms with Gasteiger partial charge in [-0.3, -0.25) is 4.79 Å². The topological polar surface area (TPSA) is 17.1 Å². The van der Waals surface area contributed by atoms with E-state index in [1.54, 1.807) is 6.08 Å². The van der Waals surface area contributed by atoms with Crippen molar-refractivity contribution in [2.45, 2.75) is 34.1 Å². The average molecular weight is 192 g/mol. The van der Waals surface area contributed by atoms with Gasteiger partial charge in [-0.05, 0) is 30.8 Å². The van der Waals surface area contributed by atoms with Crippen molar-refractivity contribution in [3.05, 3.63) is 24.3 Å². The SMILES string of the molecule is CC=CC(=O)[C@@H]1C(C)C=CCC1(C)C. The van der Waals surface area contributed by atoms with Gasteiger partial charge in [0.1, 0.15) is 0 Å². The summed E-state index contributed by atoms with van der Waals surface area (Å²) in [6.07, 6.45) is 8.91. The highest BCUT2D eigenvalue weighted by Crippen LogP contribution is 2.41. The average Bonchev–Trinajstić information content (AvgIpc) is 2.02. The van der Waals surface area contributed by atoms with Crippen LogP contribution in [0.2, 0.25) is 0 Å². The first-order valence-corrected chi connectivity index (χ1v) is 5.32. The Hall–Kier alpha value is -0.850. The summed E-state index contributed by atoms with van der Waals surface area (Å²) in [6.45, 7) is 8.38. The van der Waals surface area contributed by atoms with Crippen LogP contribution in [-0.4, -0.2) is 5.78 Å². The summed E-state index contributed by atoms with van der Waals surface area (Å²) >= 11 is 0. The lowest BCUT2D eigenvalue weighted by atomic mass is 9.65. The molecule has 0 fully saturated rings. The molecule has 0 N–H and O–H groups in total. The van der Waals surface area contributed by atoms with Gasteiger partial charge in [0.25, 0.3) is 0 Å². The molecular weight excluding hydrogens is 172 g/mol. The molecule has 1 heteroatoms. The van der Waals surface area contributed by atoms with Gasteiger partial charge in [-0.1, -0.05) is 39.0 Å². The van der Waals surface area contributed by atoms with Crippen LogP contribution < -0.4 is 0 Å². The van der Waals surface area contributed by atoms with E-state index < -0.39 is 0 Å². The maximum Gasteiger partial charge on any atom is 0.159 e. The Labute approximate surface area is 86.9 Å². The van der Waals surface area contributed by atoms with Gasteiger partial charge in [-0.25, -0.2) is 0 Å². The molecule has 14 heavy (non-hydrogen) atoms. The number of ketones is 1. The Balaban J connectivity index is 2.93. The van der Waals surface area contributed by atoms with Crippen molar-refractivity contribution >= 4 is 5.78 Å². The molecule has 0 radical (unpaired) electrons. The van der Waals surface area contributed by atoms with Crippen molar-refractivity contribution in [3.63, 3.8) is 0 Å². The normalized spacial score (nSPS) is 30.9. The Morgan fingerprint density at radius 2 is 2.14 bits per heavy atom. The molecule has 1 rings (SSSR count). The molecule has 0 aliphatic heterocycles. The largest absolute Gasteiger partial charge is 0.295 e. The zero-order valence-corrected chi connectivity index (χ0v) is 9.58. The van der Waals surface area contributed by atoms with Gasteiger partial charge in [0.15, 0.2) is 5.78 Å². The van der Waals surface area contributed by atoms with Gasteiger partial charge >= 0.3 is 0 Å². The van der Waals surface area contributed by atoms with E-state index in [9.17, 15) is 4.79 Å². The molecule has 1 aliphatic carbocycles. The third-order valence-corrected chi connectivity index (χ3v) is 3.09. The molecule has 0 aromatic heterocycles. The van der Waals surface area contributed by atoms with Crippen LogP contribution in [0.4, 0.5) is 0 Å². The second-order valence-corrected chi connectivity index (χ2v) is 4.86. The van der Waals surface area contributed by atoms with E-state index in [0.717, 1.165) is 6.42 Å². The summed E-state index contributed by atoms with van der Waals surface area (Å²) in [7, 11) is 0. The quantitative estimate of drug-likeness (QED) is 0.484. The number of carbonyl (C=O) groups excluding carboxylic acids is 1. The van der Waals surface area contributed by atoms with Gasteiger partial charge in [-0.15, -0.1) is 0 Å². The first kappa shape index (κ1) is 11.2. The molecule has 0 heterocycles. The van der Waals surface area contributed by atoms with Gasteiger partial charge in [0.05, 0.1) is 0 Å². The number of hydrogen-bond donors (Lipinski definition) is 0. The number of rotatable bonds is 2. The minimum Gasteiger partial charge on any atom is -0.295 e. The molecule has 0 bridgehead atoms. The molecule has 0 amide bonds. The lowest BCUT2D eigenvalue weighted by molar-refractivity contribution is -0.123. The van der Waals surface area contributed by atoms with Crippen molar-refractivity contribution < 1.29 is 4.79 Å². The first-order chi connectivity index (χ1) is 6.49. The molecule has 0 saturated heterocycles. The van der Waals surface area contributed by atoms with Gasteiger partial charge < -0.3 is 0 Å². The molecule has 2 atom stereocenters. The van der Waals surface area contributed by atoms with Crippen molar-refractivity contribution in [1.82, 2.24) is 0 Å². The highest BCUT2D eigenvalue weighted by atomic mass is 16.1. The summed E-state index contributed by atoms with van der Waals surface area (Å²) in [5.41, 5.74) is 0.102. The molecular formula is C13H20O. The van der Waals surface area contributed by atoms with E-state index in [2.05, 4.69) is 32.9 Å². The van der Waals surface area contributed by atoms with Crippen LogP contribution in [0.3, 0.4) is 0 Å². The van der Waals surface area contributed by atoms with Crippen LogP contribution in [0.25, 0.3) is 0 Å². The number of carbonyl (C=O) groups is 1. The van der Waals surface area contributed by atoms with Crippen molar-refractivity contribution in [1.29, 1.82) is 0 Å². The Morgan fingerprint density at radius 3 is 2.64 bits per heavy atom. The van der Waals surface area contributed by atoms with Crippen molar-refractivity contribution in [2.24, 2.45) is 17.3 Å². The summed E-state index contributed by atoms with van der Waals surface area (Å²) in [5.74, 6) is 0.778. The van der Waals surface area contributed by atoms with E-state index in [1.807, 2.05) is 13.0 Å². The van der Waals surface area contributed by atoms with Crippen LogP contribution in [0.15, 0.2) is 24.3 Å². The van der Waals surface area contributed by atoms with E-state index in [1.165, 1.54) is 0 Å². The van der Waals surface area contributed by atoms with Crippen molar-refractivity contribution in [3.8, 4) is 0 Å². The zero-order chi connectivity index (χ0) is 10.8. The maximum atomic E-state index is 11.9. The van der Waals surface area contributed by atoms with Gasteiger partial charge in [0, 0.05) is 5.92 Å². The fourth-order valence-corrected chi connectivity index (χ4v) is 2.45. The van der Waals surface area contributed by atoms with E-state index in [0.29, 0.717) is 5.92 Å². The molecule has 0 aromatic rings. The summed E-state index contributed by atoms with van der Waals surface area (Å²) in [5, 5.41) is 0.